The maximum absolute atomic E-state index is 13.1. The lowest BCUT2D eigenvalue weighted by Gasteiger charge is -2.17. The molecule has 1 heterocycles. The quantitative estimate of drug-likeness (QED) is 0.741. The molecule has 1 unspecified atom stereocenters. The number of carbonyl (C=O) groups is 2. The summed E-state index contributed by atoms with van der Waals surface area (Å²) in [6.07, 6.45) is 0.207. The molecular formula is C22H19FN2O3. The highest BCUT2D eigenvalue weighted by Gasteiger charge is 2.31. The van der Waals surface area contributed by atoms with Gasteiger partial charge in [-0.3, -0.25) is 9.59 Å². The summed E-state index contributed by atoms with van der Waals surface area (Å²) in [6.45, 7) is 0.228. The molecule has 0 saturated carbocycles. The van der Waals surface area contributed by atoms with E-state index in [1.165, 1.54) is 12.1 Å². The van der Waals surface area contributed by atoms with Gasteiger partial charge in [-0.25, -0.2) is 4.39 Å². The van der Waals surface area contributed by atoms with E-state index in [1.54, 1.807) is 17.0 Å². The average Bonchev–Trinajstić information content (AvgIpc) is 3.06. The van der Waals surface area contributed by atoms with Crippen molar-refractivity contribution in [2.45, 2.75) is 12.5 Å². The van der Waals surface area contributed by atoms with E-state index >= 15 is 0 Å². The van der Waals surface area contributed by atoms with Gasteiger partial charge in [0.25, 0.3) is 5.91 Å². The molecule has 1 aliphatic heterocycles. The van der Waals surface area contributed by atoms with Gasteiger partial charge in [0, 0.05) is 18.7 Å². The molecule has 1 fully saturated rings. The summed E-state index contributed by atoms with van der Waals surface area (Å²) in [5.41, 5.74) is 0.621. The van der Waals surface area contributed by atoms with Crippen LogP contribution in [0.3, 0.4) is 0 Å². The van der Waals surface area contributed by atoms with Gasteiger partial charge in [-0.15, -0.1) is 0 Å². The molecule has 5 nitrogen and oxygen atoms in total. The molecule has 1 N–H and O–H groups in total. The number of amides is 2. The molecule has 2 amide bonds. The lowest BCUT2D eigenvalue weighted by molar-refractivity contribution is -0.123. The van der Waals surface area contributed by atoms with Gasteiger partial charge in [-0.05, 0) is 47.2 Å². The predicted octanol–water partition coefficient (Wildman–Crippen LogP) is 3.28. The maximum Gasteiger partial charge on any atom is 0.258 e. The highest BCUT2D eigenvalue weighted by atomic mass is 19.1. The van der Waals surface area contributed by atoms with Gasteiger partial charge in [0.2, 0.25) is 5.91 Å². The Labute approximate surface area is 161 Å². The third-order valence-electron chi connectivity index (χ3n) is 4.72. The first-order valence-electron chi connectivity index (χ1n) is 9.05. The van der Waals surface area contributed by atoms with Gasteiger partial charge in [0.05, 0.1) is 6.04 Å². The number of nitrogens with one attached hydrogen (secondary N) is 1. The van der Waals surface area contributed by atoms with Crippen molar-refractivity contribution in [3.05, 3.63) is 72.5 Å². The molecular weight excluding hydrogens is 359 g/mol. The van der Waals surface area contributed by atoms with Crippen molar-refractivity contribution in [2.75, 3.05) is 18.1 Å². The first kappa shape index (κ1) is 18.0. The predicted molar refractivity (Wildman–Crippen MR) is 105 cm³/mol. The van der Waals surface area contributed by atoms with E-state index in [4.69, 9.17) is 4.74 Å². The Kier molecular flexibility index (Phi) is 4.93. The topological polar surface area (TPSA) is 58.6 Å². The third-order valence-corrected chi connectivity index (χ3v) is 4.72. The van der Waals surface area contributed by atoms with Crippen LogP contribution in [0.4, 0.5) is 10.1 Å². The van der Waals surface area contributed by atoms with Crippen molar-refractivity contribution >= 4 is 28.3 Å². The fraction of sp³-hybridized carbons (Fsp3) is 0.182. The summed E-state index contributed by atoms with van der Waals surface area (Å²) in [6, 6.07) is 19.0. The van der Waals surface area contributed by atoms with Crippen molar-refractivity contribution in [1.29, 1.82) is 0 Å². The van der Waals surface area contributed by atoms with Crippen LogP contribution in [0.1, 0.15) is 6.42 Å². The Bertz CT molecular complexity index is 1020. The van der Waals surface area contributed by atoms with Gasteiger partial charge >= 0.3 is 0 Å². The summed E-state index contributed by atoms with van der Waals surface area (Å²) in [4.78, 5) is 26.0. The lowest BCUT2D eigenvalue weighted by Crippen LogP contribution is -2.39. The van der Waals surface area contributed by atoms with Gasteiger partial charge < -0.3 is 15.0 Å². The van der Waals surface area contributed by atoms with Crippen molar-refractivity contribution in [2.24, 2.45) is 0 Å². The molecule has 1 saturated heterocycles. The van der Waals surface area contributed by atoms with Crippen molar-refractivity contribution in [3.8, 4) is 5.75 Å². The molecule has 4 rings (SSSR count). The van der Waals surface area contributed by atoms with E-state index in [0.29, 0.717) is 18.0 Å². The zero-order valence-corrected chi connectivity index (χ0v) is 15.1. The molecule has 0 bridgehead atoms. The summed E-state index contributed by atoms with van der Waals surface area (Å²) >= 11 is 0. The Morgan fingerprint density at radius 2 is 1.82 bits per heavy atom. The molecule has 3 aromatic carbocycles. The number of halogens is 1. The monoisotopic (exact) mass is 378 g/mol. The average molecular weight is 378 g/mol. The Hall–Kier alpha value is -3.41. The van der Waals surface area contributed by atoms with Crippen molar-refractivity contribution in [1.82, 2.24) is 5.32 Å². The van der Waals surface area contributed by atoms with Crippen LogP contribution in [0.2, 0.25) is 0 Å². The number of carbonyl (C=O) groups excluding carboxylic acids is 2. The summed E-state index contributed by atoms with van der Waals surface area (Å²) < 4.78 is 18.6. The number of ether oxygens (including phenoxy) is 1. The van der Waals surface area contributed by atoms with Crippen LogP contribution in [0.5, 0.6) is 5.75 Å². The molecule has 0 spiro atoms. The summed E-state index contributed by atoms with van der Waals surface area (Å²) in [5.74, 6) is -0.130. The first-order valence-corrected chi connectivity index (χ1v) is 9.05. The van der Waals surface area contributed by atoms with Crippen LogP contribution in [-0.4, -0.2) is 31.0 Å². The number of benzene rings is 3. The number of nitrogens with zero attached hydrogens (tertiary/aromatic N) is 1. The second-order valence-corrected chi connectivity index (χ2v) is 6.75. The van der Waals surface area contributed by atoms with Crippen LogP contribution in [0, 0.1) is 5.82 Å². The maximum atomic E-state index is 13.1. The van der Waals surface area contributed by atoms with Crippen molar-refractivity contribution in [3.63, 3.8) is 0 Å². The summed E-state index contributed by atoms with van der Waals surface area (Å²) in [7, 11) is 0. The van der Waals surface area contributed by atoms with Gasteiger partial charge in [-0.2, -0.15) is 0 Å². The Morgan fingerprint density at radius 3 is 2.61 bits per heavy atom. The SMILES string of the molecule is O=C(COc1ccc2ccccc2c1)NC1CC(=O)N(c2ccc(F)cc2)C1. The third kappa shape index (κ3) is 3.96. The molecule has 6 heteroatoms. The molecule has 0 radical (unpaired) electrons. The summed E-state index contributed by atoms with van der Waals surface area (Å²) in [5, 5.41) is 4.97. The molecule has 28 heavy (non-hydrogen) atoms. The molecule has 0 aliphatic carbocycles. The highest BCUT2D eigenvalue weighted by molar-refractivity contribution is 5.96. The fourth-order valence-electron chi connectivity index (χ4n) is 3.35. The normalized spacial score (nSPS) is 16.4. The standard InChI is InChI=1S/C22H19FN2O3/c23-17-6-8-19(9-7-17)25-13-18(12-22(25)27)24-21(26)14-28-20-10-5-15-3-1-2-4-16(15)11-20/h1-11,18H,12-14H2,(H,24,26). The zero-order valence-electron chi connectivity index (χ0n) is 15.1. The van der Waals surface area contributed by atoms with Crippen LogP contribution in [-0.2, 0) is 9.59 Å². The van der Waals surface area contributed by atoms with Gasteiger partial charge in [0.1, 0.15) is 11.6 Å². The van der Waals surface area contributed by atoms with E-state index in [9.17, 15) is 14.0 Å². The van der Waals surface area contributed by atoms with Crippen LogP contribution in [0.25, 0.3) is 10.8 Å². The fourth-order valence-corrected chi connectivity index (χ4v) is 3.35. The van der Waals surface area contributed by atoms with Crippen LogP contribution in [0.15, 0.2) is 66.7 Å². The zero-order chi connectivity index (χ0) is 19.5. The van der Waals surface area contributed by atoms with Gasteiger partial charge in [0.15, 0.2) is 6.61 Å². The number of hydrogen-bond acceptors (Lipinski definition) is 3. The first-order chi connectivity index (χ1) is 13.6. The number of anilines is 1. The van der Waals surface area contributed by atoms with Gasteiger partial charge in [-0.1, -0.05) is 30.3 Å². The number of hydrogen-bond donors (Lipinski definition) is 1. The largest absolute Gasteiger partial charge is 0.484 e. The smallest absolute Gasteiger partial charge is 0.258 e. The minimum Gasteiger partial charge on any atom is -0.484 e. The minimum atomic E-state index is -0.355. The molecule has 3 aromatic rings. The van der Waals surface area contributed by atoms with Crippen molar-refractivity contribution < 1.29 is 18.7 Å². The van der Waals surface area contributed by atoms with E-state index in [-0.39, 0.29) is 36.7 Å². The van der Waals surface area contributed by atoms with E-state index < -0.39 is 0 Å². The number of rotatable bonds is 5. The Balaban J connectivity index is 1.32. The highest BCUT2D eigenvalue weighted by Crippen LogP contribution is 2.22. The molecule has 142 valence electrons. The molecule has 0 aromatic heterocycles. The van der Waals surface area contributed by atoms with E-state index in [0.717, 1.165) is 10.8 Å². The van der Waals surface area contributed by atoms with E-state index in [1.807, 2.05) is 42.5 Å². The number of fused-ring (bicyclic) bond motifs is 1. The lowest BCUT2D eigenvalue weighted by atomic mass is 10.1. The Morgan fingerprint density at radius 1 is 1.07 bits per heavy atom. The second kappa shape index (κ2) is 7.68. The van der Waals surface area contributed by atoms with E-state index in [2.05, 4.69) is 5.32 Å². The molecule has 1 aliphatic rings. The van der Waals surface area contributed by atoms with Crippen LogP contribution >= 0.6 is 0 Å². The molecule has 1 atom stereocenters. The second-order valence-electron chi connectivity index (χ2n) is 6.75. The minimum absolute atomic E-state index is 0.104. The van der Waals surface area contributed by atoms with Crippen LogP contribution < -0.4 is 15.0 Å².